The summed E-state index contributed by atoms with van der Waals surface area (Å²) in [5.74, 6) is 0.359. The first kappa shape index (κ1) is 17.6. The molecule has 2 aromatic rings. The molecule has 124 valence electrons. The molecule has 0 bridgehead atoms. The van der Waals surface area contributed by atoms with Crippen LogP contribution < -0.4 is 5.32 Å². The van der Waals surface area contributed by atoms with Crippen LogP contribution in [0.15, 0.2) is 30.3 Å². The lowest BCUT2D eigenvalue weighted by Gasteiger charge is -2.22. The van der Waals surface area contributed by atoms with E-state index in [2.05, 4.69) is 10.4 Å². The van der Waals surface area contributed by atoms with Gasteiger partial charge in [-0.25, -0.2) is 4.68 Å². The van der Waals surface area contributed by atoms with Gasteiger partial charge in [-0.2, -0.15) is 16.9 Å². The van der Waals surface area contributed by atoms with Crippen LogP contribution in [0.2, 0.25) is 0 Å². The van der Waals surface area contributed by atoms with Gasteiger partial charge < -0.3 is 10.4 Å². The van der Waals surface area contributed by atoms with Crippen molar-refractivity contribution in [1.29, 1.82) is 0 Å². The molecule has 1 aromatic heterocycles. The summed E-state index contributed by atoms with van der Waals surface area (Å²) >= 11 is 1.55. The van der Waals surface area contributed by atoms with Crippen molar-refractivity contribution in [2.24, 2.45) is 0 Å². The SMILES string of the molecule is CSCC(C)(O)CNC(=O)c1c(C)nn(-c2ccccc2)c1C. The molecular formula is C17H23N3O2S. The first-order chi connectivity index (χ1) is 10.9. The number of benzene rings is 1. The van der Waals surface area contributed by atoms with Gasteiger partial charge >= 0.3 is 0 Å². The van der Waals surface area contributed by atoms with Crippen LogP contribution in [0.25, 0.3) is 5.69 Å². The van der Waals surface area contributed by atoms with Crippen LogP contribution >= 0.6 is 11.8 Å². The van der Waals surface area contributed by atoms with Gasteiger partial charge in [-0.1, -0.05) is 18.2 Å². The average Bonchev–Trinajstić information content (AvgIpc) is 2.81. The number of amides is 1. The van der Waals surface area contributed by atoms with Gasteiger partial charge in [-0.15, -0.1) is 0 Å². The molecule has 1 aromatic carbocycles. The maximum atomic E-state index is 12.5. The summed E-state index contributed by atoms with van der Waals surface area (Å²) < 4.78 is 1.77. The highest BCUT2D eigenvalue weighted by atomic mass is 32.2. The van der Waals surface area contributed by atoms with Gasteiger partial charge in [-0.3, -0.25) is 4.79 Å². The van der Waals surface area contributed by atoms with E-state index in [9.17, 15) is 9.90 Å². The van der Waals surface area contributed by atoms with E-state index in [-0.39, 0.29) is 12.5 Å². The third kappa shape index (κ3) is 4.14. The van der Waals surface area contributed by atoms with Crippen molar-refractivity contribution < 1.29 is 9.90 Å². The van der Waals surface area contributed by atoms with Gasteiger partial charge in [0.05, 0.1) is 28.2 Å². The van der Waals surface area contributed by atoms with E-state index in [0.29, 0.717) is 17.0 Å². The highest BCUT2D eigenvalue weighted by molar-refractivity contribution is 7.98. The molecule has 6 heteroatoms. The van der Waals surface area contributed by atoms with Crippen LogP contribution in [0.1, 0.15) is 28.7 Å². The van der Waals surface area contributed by atoms with Gasteiger partial charge in [-0.05, 0) is 39.2 Å². The molecule has 5 nitrogen and oxygen atoms in total. The van der Waals surface area contributed by atoms with E-state index < -0.39 is 5.60 Å². The van der Waals surface area contributed by atoms with E-state index >= 15 is 0 Å². The van der Waals surface area contributed by atoms with Gasteiger partial charge in [0.25, 0.3) is 5.91 Å². The number of carbonyl (C=O) groups is 1. The van der Waals surface area contributed by atoms with Gasteiger partial charge in [0.1, 0.15) is 0 Å². The Morgan fingerprint density at radius 1 is 1.35 bits per heavy atom. The van der Waals surface area contributed by atoms with Crippen LogP contribution in [0.4, 0.5) is 0 Å². The Labute approximate surface area is 141 Å². The highest BCUT2D eigenvalue weighted by Gasteiger charge is 2.24. The number of rotatable bonds is 6. The first-order valence-electron chi connectivity index (χ1n) is 7.47. The van der Waals surface area contributed by atoms with E-state index in [1.807, 2.05) is 50.4 Å². The zero-order valence-corrected chi connectivity index (χ0v) is 14.8. The number of nitrogens with one attached hydrogen (secondary N) is 1. The van der Waals surface area contributed by atoms with E-state index in [0.717, 1.165) is 11.4 Å². The van der Waals surface area contributed by atoms with Crippen LogP contribution in [-0.2, 0) is 0 Å². The van der Waals surface area contributed by atoms with Crippen molar-refractivity contribution >= 4 is 17.7 Å². The van der Waals surface area contributed by atoms with E-state index in [1.54, 1.807) is 23.4 Å². The Balaban J connectivity index is 2.20. The van der Waals surface area contributed by atoms with Gasteiger partial charge in [0.2, 0.25) is 0 Å². The van der Waals surface area contributed by atoms with Crippen LogP contribution in [0.5, 0.6) is 0 Å². The topological polar surface area (TPSA) is 67.2 Å². The Morgan fingerprint density at radius 3 is 2.61 bits per heavy atom. The van der Waals surface area contributed by atoms with Crippen molar-refractivity contribution in [2.45, 2.75) is 26.4 Å². The molecule has 1 heterocycles. The lowest BCUT2D eigenvalue weighted by molar-refractivity contribution is 0.0724. The van der Waals surface area contributed by atoms with Crippen molar-refractivity contribution in [2.75, 3.05) is 18.6 Å². The Hall–Kier alpha value is -1.79. The highest BCUT2D eigenvalue weighted by Crippen LogP contribution is 2.18. The molecule has 23 heavy (non-hydrogen) atoms. The largest absolute Gasteiger partial charge is 0.387 e. The number of hydrogen-bond acceptors (Lipinski definition) is 4. The Kier molecular flexibility index (Phi) is 5.49. The van der Waals surface area contributed by atoms with Crippen molar-refractivity contribution in [1.82, 2.24) is 15.1 Å². The third-order valence-corrected chi connectivity index (χ3v) is 4.51. The molecule has 0 aliphatic rings. The number of aliphatic hydroxyl groups is 1. The minimum absolute atomic E-state index is 0.205. The van der Waals surface area contributed by atoms with Crippen LogP contribution in [0.3, 0.4) is 0 Å². The lowest BCUT2D eigenvalue weighted by Crippen LogP contribution is -2.42. The molecule has 0 radical (unpaired) electrons. The second kappa shape index (κ2) is 7.19. The second-order valence-corrected chi connectivity index (χ2v) is 6.77. The molecule has 0 aliphatic carbocycles. The number of para-hydroxylation sites is 1. The van der Waals surface area contributed by atoms with Crippen molar-refractivity contribution in [3.05, 3.63) is 47.3 Å². The zero-order chi connectivity index (χ0) is 17.0. The Morgan fingerprint density at radius 2 is 2.00 bits per heavy atom. The molecule has 0 aliphatic heterocycles. The summed E-state index contributed by atoms with van der Waals surface area (Å²) in [4.78, 5) is 12.5. The summed E-state index contributed by atoms with van der Waals surface area (Å²) in [6.45, 7) is 5.63. The number of aromatic nitrogens is 2. The Bertz CT molecular complexity index is 681. The minimum Gasteiger partial charge on any atom is -0.387 e. The number of aryl methyl sites for hydroxylation is 1. The van der Waals surface area contributed by atoms with Gasteiger partial charge in [0.15, 0.2) is 0 Å². The molecule has 0 spiro atoms. The third-order valence-electron chi connectivity index (χ3n) is 3.60. The number of hydrogen-bond donors (Lipinski definition) is 2. The maximum absolute atomic E-state index is 12.5. The molecular weight excluding hydrogens is 310 g/mol. The monoisotopic (exact) mass is 333 g/mol. The summed E-state index contributed by atoms with van der Waals surface area (Å²) in [6, 6.07) is 9.71. The molecule has 1 amide bonds. The smallest absolute Gasteiger partial charge is 0.255 e. The standard InChI is InChI=1S/C17H23N3O2S/c1-12-15(16(21)18-10-17(3,22)11-23-4)13(2)20(19-12)14-8-6-5-7-9-14/h5-9,22H,10-11H2,1-4H3,(H,18,21). The fraction of sp³-hybridized carbons (Fsp3) is 0.412. The van der Waals surface area contributed by atoms with Crippen LogP contribution in [-0.4, -0.2) is 44.9 Å². The summed E-state index contributed by atoms with van der Waals surface area (Å²) in [5, 5.41) is 17.5. The number of carbonyl (C=O) groups excluding carboxylic acids is 1. The molecule has 0 saturated carbocycles. The number of thioether (sulfide) groups is 1. The fourth-order valence-corrected chi connectivity index (χ4v) is 3.24. The molecule has 1 unspecified atom stereocenters. The quantitative estimate of drug-likeness (QED) is 0.851. The molecule has 2 N–H and O–H groups in total. The predicted molar refractivity (Wildman–Crippen MR) is 94.4 cm³/mol. The summed E-state index contributed by atoms with van der Waals surface area (Å²) in [6.07, 6.45) is 1.93. The minimum atomic E-state index is -0.924. The summed E-state index contributed by atoms with van der Waals surface area (Å²) in [7, 11) is 0. The normalized spacial score (nSPS) is 13.6. The van der Waals surface area contributed by atoms with Crippen molar-refractivity contribution in [3.8, 4) is 5.69 Å². The van der Waals surface area contributed by atoms with Crippen molar-refractivity contribution in [3.63, 3.8) is 0 Å². The fourth-order valence-electron chi connectivity index (χ4n) is 2.51. The summed E-state index contributed by atoms with van der Waals surface area (Å²) in [5.41, 5.74) is 2.02. The molecule has 0 saturated heterocycles. The van der Waals surface area contributed by atoms with E-state index in [1.165, 1.54) is 0 Å². The van der Waals surface area contributed by atoms with E-state index in [4.69, 9.17) is 0 Å². The van der Waals surface area contributed by atoms with Gasteiger partial charge in [0, 0.05) is 12.3 Å². The molecule has 2 rings (SSSR count). The van der Waals surface area contributed by atoms with Crippen LogP contribution in [0, 0.1) is 13.8 Å². The molecule has 1 atom stereocenters. The maximum Gasteiger partial charge on any atom is 0.255 e. The zero-order valence-electron chi connectivity index (χ0n) is 14.0. The second-order valence-electron chi connectivity index (χ2n) is 5.91. The molecule has 0 fully saturated rings. The average molecular weight is 333 g/mol. The number of nitrogens with zero attached hydrogens (tertiary/aromatic N) is 2. The first-order valence-corrected chi connectivity index (χ1v) is 8.86. The predicted octanol–water partition coefficient (Wildman–Crippen LogP) is 2.33. The lowest BCUT2D eigenvalue weighted by atomic mass is 10.1.